The molecule has 0 bridgehead atoms. The first kappa shape index (κ1) is 12.2. The molecule has 3 heteroatoms. The van der Waals surface area contributed by atoms with Gasteiger partial charge in [-0.2, -0.15) is 0 Å². The van der Waals surface area contributed by atoms with Gasteiger partial charge in [-0.15, -0.1) is 0 Å². The number of rotatable bonds is 3. The van der Waals surface area contributed by atoms with Crippen molar-refractivity contribution in [3.63, 3.8) is 0 Å². The van der Waals surface area contributed by atoms with Crippen molar-refractivity contribution in [3.8, 4) is 0 Å². The van der Waals surface area contributed by atoms with E-state index in [0.717, 1.165) is 28.5 Å². The maximum absolute atomic E-state index is 6.00. The Hall–Kier alpha value is -0.890. The molecule has 1 aromatic carbocycles. The average molecular weight is 227 g/mol. The predicted molar refractivity (Wildman–Crippen MR) is 68.7 cm³/mol. The van der Waals surface area contributed by atoms with Crippen LogP contribution in [0.1, 0.15) is 19.4 Å². The second-order valence-corrected chi connectivity index (χ2v) is 4.84. The Morgan fingerprint density at radius 1 is 1.40 bits per heavy atom. The second kappa shape index (κ2) is 4.75. The highest BCUT2D eigenvalue weighted by atomic mass is 35.5. The second-order valence-electron chi connectivity index (χ2n) is 4.43. The summed E-state index contributed by atoms with van der Waals surface area (Å²) >= 11 is 6.00. The topological polar surface area (TPSA) is 29.3 Å². The van der Waals surface area contributed by atoms with Gasteiger partial charge in [0.1, 0.15) is 0 Å². The van der Waals surface area contributed by atoms with Crippen LogP contribution in [0.4, 0.5) is 11.4 Å². The zero-order valence-electron chi connectivity index (χ0n) is 9.84. The Kier molecular flexibility index (Phi) is 3.86. The number of benzene rings is 1. The van der Waals surface area contributed by atoms with Crippen LogP contribution in [0.25, 0.3) is 0 Å². The van der Waals surface area contributed by atoms with Crippen LogP contribution in [0.15, 0.2) is 12.1 Å². The van der Waals surface area contributed by atoms with Crippen molar-refractivity contribution in [1.82, 2.24) is 0 Å². The third-order valence-corrected chi connectivity index (χ3v) is 2.77. The van der Waals surface area contributed by atoms with E-state index in [2.05, 4.69) is 25.8 Å². The molecule has 0 aliphatic rings. The van der Waals surface area contributed by atoms with Gasteiger partial charge in [-0.1, -0.05) is 25.4 Å². The number of halogens is 1. The van der Waals surface area contributed by atoms with Crippen LogP contribution >= 0.6 is 11.6 Å². The van der Waals surface area contributed by atoms with Crippen molar-refractivity contribution in [2.75, 3.05) is 24.2 Å². The fourth-order valence-electron chi connectivity index (χ4n) is 1.66. The summed E-state index contributed by atoms with van der Waals surface area (Å²) < 4.78 is 0. The van der Waals surface area contributed by atoms with E-state index in [-0.39, 0.29) is 0 Å². The summed E-state index contributed by atoms with van der Waals surface area (Å²) in [6.07, 6.45) is 0. The lowest BCUT2D eigenvalue weighted by Crippen LogP contribution is -2.23. The van der Waals surface area contributed by atoms with Gasteiger partial charge in [-0.3, -0.25) is 0 Å². The van der Waals surface area contributed by atoms with Crippen molar-refractivity contribution >= 4 is 23.0 Å². The van der Waals surface area contributed by atoms with Gasteiger partial charge in [-0.25, -0.2) is 0 Å². The zero-order valence-corrected chi connectivity index (χ0v) is 10.6. The average Bonchev–Trinajstić information content (AvgIpc) is 2.09. The van der Waals surface area contributed by atoms with Gasteiger partial charge >= 0.3 is 0 Å². The molecule has 2 nitrogen and oxygen atoms in total. The molecule has 2 N–H and O–H groups in total. The van der Waals surface area contributed by atoms with Crippen LogP contribution in [-0.4, -0.2) is 13.6 Å². The maximum atomic E-state index is 6.00. The summed E-state index contributed by atoms with van der Waals surface area (Å²) in [5.74, 6) is 0.616. The summed E-state index contributed by atoms with van der Waals surface area (Å²) in [5, 5.41) is 0.731. The first-order chi connectivity index (χ1) is 6.91. The molecule has 0 atom stereocenters. The Bertz CT molecular complexity index is 348. The summed E-state index contributed by atoms with van der Waals surface area (Å²) in [5.41, 5.74) is 8.81. The number of aryl methyl sites for hydroxylation is 1. The van der Waals surface area contributed by atoms with E-state index in [1.807, 2.05) is 19.1 Å². The van der Waals surface area contributed by atoms with E-state index < -0.39 is 0 Å². The van der Waals surface area contributed by atoms with Crippen LogP contribution in [0.2, 0.25) is 5.02 Å². The van der Waals surface area contributed by atoms with Gasteiger partial charge < -0.3 is 10.6 Å². The molecule has 1 aromatic rings. The molecule has 0 aromatic heterocycles. The van der Waals surface area contributed by atoms with Crippen molar-refractivity contribution in [2.24, 2.45) is 5.92 Å². The van der Waals surface area contributed by atoms with Crippen LogP contribution < -0.4 is 10.6 Å². The van der Waals surface area contributed by atoms with Gasteiger partial charge in [0, 0.05) is 18.6 Å². The molecule has 84 valence electrons. The summed E-state index contributed by atoms with van der Waals surface area (Å²) in [6, 6.07) is 3.86. The number of nitrogens with two attached hydrogens (primary N) is 1. The molecule has 0 saturated carbocycles. The largest absolute Gasteiger partial charge is 0.397 e. The lowest BCUT2D eigenvalue weighted by Gasteiger charge is -2.23. The first-order valence-electron chi connectivity index (χ1n) is 5.18. The fourth-order valence-corrected chi connectivity index (χ4v) is 1.83. The summed E-state index contributed by atoms with van der Waals surface area (Å²) in [4.78, 5) is 2.17. The third-order valence-electron chi connectivity index (χ3n) is 2.36. The molecular weight excluding hydrogens is 208 g/mol. The van der Waals surface area contributed by atoms with Gasteiger partial charge in [0.15, 0.2) is 0 Å². The number of anilines is 2. The number of hydrogen-bond acceptors (Lipinski definition) is 2. The minimum atomic E-state index is 0.616. The van der Waals surface area contributed by atoms with Crippen LogP contribution in [-0.2, 0) is 0 Å². The molecule has 1 rings (SSSR count). The monoisotopic (exact) mass is 226 g/mol. The van der Waals surface area contributed by atoms with E-state index in [9.17, 15) is 0 Å². The molecule has 0 spiro atoms. The van der Waals surface area contributed by atoms with Crippen molar-refractivity contribution in [3.05, 3.63) is 22.7 Å². The smallest absolute Gasteiger partial charge is 0.0601 e. The van der Waals surface area contributed by atoms with E-state index in [1.165, 1.54) is 0 Å². The quantitative estimate of drug-likeness (QED) is 0.802. The third kappa shape index (κ3) is 3.03. The van der Waals surface area contributed by atoms with Gasteiger partial charge in [-0.05, 0) is 30.5 Å². The van der Waals surface area contributed by atoms with Crippen LogP contribution in [0.5, 0.6) is 0 Å². The molecule has 0 aliphatic carbocycles. The van der Waals surface area contributed by atoms with Crippen molar-refractivity contribution in [1.29, 1.82) is 0 Å². The molecule has 0 heterocycles. The van der Waals surface area contributed by atoms with Crippen molar-refractivity contribution < 1.29 is 0 Å². The van der Waals surface area contributed by atoms with Crippen LogP contribution in [0, 0.1) is 12.8 Å². The van der Waals surface area contributed by atoms with Gasteiger partial charge in [0.05, 0.1) is 11.4 Å². The minimum Gasteiger partial charge on any atom is -0.397 e. The SMILES string of the molecule is Cc1cc(N(C)CC(C)C)c(N)cc1Cl. The normalized spacial score (nSPS) is 10.8. The molecule has 0 unspecified atom stereocenters. The summed E-state index contributed by atoms with van der Waals surface area (Å²) in [7, 11) is 2.05. The summed E-state index contributed by atoms with van der Waals surface area (Å²) in [6.45, 7) is 7.37. The Balaban J connectivity index is 2.98. The highest BCUT2D eigenvalue weighted by Gasteiger charge is 2.09. The lowest BCUT2D eigenvalue weighted by atomic mass is 10.1. The Labute approximate surface area is 97.0 Å². The molecular formula is C12H19ClN2. The molecule has 0 amide bonds. The molecule has 0 aliphatic heterocycles. The van der Waals surface area contributed by atoms with E-state index in [0.29, 0.717) is 5.92 Å². The van der Waals surface area contributed by atoms with E-state index in [1.54, 1.807) is 0 Å². The van der Waals surface area contributed by atoms with E-state index >= 15 is 0 Å². The predicted octanol–water partition coefficient (Wildman–Crippen LogP) is 3.32. The van der Waals surface area contributed by atoms with Crippen molar-refractivity contribution in [2.45, 2.75) is 20.8 Å². The Morgan fingerprint density at radius 2 is 2.00 bits per heavy atom. The van der Waals surface area contributed by atoms with E-state index in [4.69, 9.17) is 17.3 Å². The van der Waals surface area contributed by atoms with Gasteiger partial charge in [0.2, 0.25) is 0 Å². The first-order valence-corrected chi connectivity index (χ1v) is 5.56. The fraction of sp³-hybridized carbons (Fsp3) is 0.500. The van der Waals surface area contributed by atoms with Crippen LogP contribution in [0.3, 0.4) is 0 Å². The number of nitrogen functional groups attached to an aromatic ring is 1. The number of nitrogens with zero attached hydrogens (tertiary/aromatic N) is 1. The molecule has 0 saturated heterocycles. The molecule has 15 heavy (non-hydrogen) atoms. The Morgan fingerprint density at radius 3 is 2.53 bits per heavy atom. The standard InChI is InChI=1S/C12H19ClN2/c1-8(2)7-15(4)12-5-9(3)10(13)6-11(12)14/h5-6,8H,7,14H2,1-4H3. The molecule has 0 fully saturated rings. The zero-order chi connectivity index (χ0) is 11.6. The minimum absolute atomic E-state index is 0.616. The maximum Gasteiger partial charge on any atom is 0.0601 e. The number of hydrogen-bond donors (Lipinski definition) is 1. The molecule has 0 radical (unpaired) electrons. The highest BCUT2D eigenvalue weighted by molar-refractivity contribution is 6.31. The lowest BCUT2D eigenvalue weighted by molar-refractivity contribution is 0.639. The highest BCUT2D eigenvalue weighted by Crippen LogP contribution is 2.29. The van der Waals surface area contributed by atoms with Gasteiger partial charge in [0.25, 0.3) is 0 Å².